The lowest BCUT2D eigenvalue weighted by Gasteiger charge is -2.13. The van der Waals surface area contributed by atoms with Gasteiger partial charge in [0.1, 0.15) is 5.82 Å². The second-order valence-corrected chi connectivity index (χ2v) is 5.60. The maximum atomic E-state index is 9.34. The van der Waals surface area contributed by atoms with E-state index in [9.17, 15) is 5.11 Å². The van der Waals surface area contributed by atoms with Gasteiger partial charge in [-0.15, -0.1) is 0 Å². The van der Waals surface area contributed by atoms with Crippen LogP contribution >= 0.6 is 0 Å². The summed E-state index contributed by atoms with van der Waals surface area (Å²) in [5, 5.41) is 10.4. The summed E-state index contributed by atoms with van der Waals surface area (Å²) in [6.45, 7) is 0.124. The van der Waals surface area contributed by atoms with Crippen LogP contribution in [0.4, 0.5) is 0 Å². The van der Waals surface area contributed by atoms with Crippen LogP contribution in [0.5, 0.6) is 0 Å². The number of para-hydroxylation sites is 2. The SMILES string of the molecule is OCCc1ccccc1-n1ccnc1-c1ccnc2ccccc12. The fourth-order valence-electron chi connectivity index (χ4n) is 3.07. The smallest absolute Gasteiger partial charge is 0.145 e. The van der Waals surface area contributed by atoms with Crippen molar-refractivity contribution in [2.24, 2.45) is 0 Å². The lowest BCUT2D eigenvalue weighted by molar-refractivity contribution is 0.299. The van der Waals surface area contributed by atoms with Crippen LogP contribution in [0.3, 0.4) is 0 Å². The van der Waals surface area contributed by atoms with Crippen LogP contribution in [-0.2, 0) is 6.42 Å². The summed E-state index contributed by atoms with van der Waals surface area (Å²) in [7, 11) is 0. The van der Waals surface area contributed by atoms with Crippen molar-refractivity contribution in [3.63, 3.8) is 0 Å². The summed E-state index contributed by atoms with van der Waals surface area (Å²) in [4.78, 5) is 9.02. The fourth-order valence-corrected chi connectivity index (χ4v) is 3.07. The number of nitrogens with zero attached hydrogens (tertiary/aromatic N) is 3. The van der Waals surface area contributed by atoms with Crippen LogP contribution in [0, 0.1) is 0 Å². The number of pyridine rings is 1. The number of fused-ring (bicyclic) bond motifs is 1. The summed E-state index contributed by atoms with van der Waals surface area (Å²) < 4.78 is 2.08. The van der Waals surface area contributed by atoms with Crippen LogP contribution in [0.2, 0.25) is 0 Å². The number of hydrogen-bond donors (Lipinski definition) is 1. The number of aliphatic hydroxyl groups is 1. The second-order valence-electron chi connectivity index (χ2n) is 5.60. The molecule has 0 saturated heterocycles. The summed E-state index contributed by atoms with van der Waals surface area (Å²) in [5.74, 6) is 0.874. The molecule has 2 aromatic carbocycles. The summed E-state index contributed by atoms with van der Waals surface area (Å²) in [5.41, 5.74) is 4.13. The number of hydrogen-bond acceptors (Lipinski definition) is 3. The zero-order valence-electron chi connectivity index (χ0n) is 13.1. The first-order valence-corrected chi connectivity index (χ1v) is 7.95. The van der Waals surface area contributed by atoms with Gasteiger partial charge in [0.2, 0.25) is 0 Å². The minimum Gasteiger partial charge on any atom is -0.396 e. The van der Waals surface area contributed by atoms with Gasteiger partial charge in [-0.2, -0.15) is 0 Å². The number of rotatable bonds is 4. The van der Waals surface area contributed by atoms with E-state index in [4.69, 9.17) is 0 Å². The lowest BCUT2D eigenvalue weighted by Crippen LogP contribution is -2.03. The molecule has 4 rings (SSSR count). The van der Waals surface area contributed by atoms with Crippen LogP contribution in [-0.4, -0.2) is 26.2 Å². The molecule has 0 fully saturated rings. The summed E-state index contributed by atoms with van der Waals surface area (Å²) in [6.07, 6.45) is 6.20. The molecule has 0 bridgehead atoms. The molecule has 24 heavy (non-hydrogen) atoms. The third kappa shape index (κ3) is 2.47. The lowest BCUT2D eigenvalue weighted by atomic mass is 10.1. The summed E-state index contributed by atoms with van der Waals surface area (Å²) >= 11 is 0. The Morgan fingerprint density at radius 1 is 0.875 bits per heavy atom. The molecule has 0 radical (unpaired) electrons. The van der Waals surface area contributed by atoms with Crippen LogP contribution in [0.15, 0.2) is 73.2 Å². The van der Waals surface area contributed by atoms with Gasteiger partial charge in [0, 0.05) is 36.1 Å². The Balaban J connectivity index is 1.93. The standard InChI is InChI=1S/C20H17N3O/c24-14-10-15-5-1-4-8-19(15)23-13-12-22-20(23)17-9-11-21-18-7-3-2-6-16(17)18/h1-9,11-13,24H,10,14H2. The highest BCUT2D eigenvalue weighted by atomic mass is 16.2. The largest absolute Gasteiger partial charge is 0.396 e. The Hall–Kier alpha value is -2.98. The highest BCUT2D eigenvalue weighted by Gasteiger charge is 2.13. The molecule has 4 heteroatoms. The van der Waals surface area contributed by atoms with Gasteiger partial charge >= 0.3 is 0 Å². The highest BCUT2D eigenvalue weighted by Crippen LogP contribution is 2.29. The summed E-state index contributed by atoms with van der Waals surface area (Å²) in [6, 6.07) is 18.2. The Morgan fingerprint density at radius 3 is 2.62 bits per heavy atom. The maximum Gasteiger partial charge on any atom is 0.145 e. The van der Waals surface area contributed by atoms with Gasteiger partial charge in [0.05, 0.1) is 11.2 Å². The second kappa shape index (κ2) is 6.26. The predicted octanol–water partition coefficient (Wildman–Crippen LogP) is 3.62. The van der Waals surface area contributed by atoms with Crippen molar-refractivity contribution in [2.45, 2.75) is 6.42 Å². The van der Waals surface area contributed by atoms with Crippen molar-refractivity contribution >= 4 is 10.9 Å². The van der Waals surface area contributed by atoms with E-state index >= 15 is 0 Å². The van der Waals surface area contributed by atoms with E-state index in [1.165, 1.54) is 0 Å². The van der Waals surface area contributed by atoms with Gasteiger partial charge in [-0.25, -0.2) is 4.98 Å². The molecule has 2 heterocycles. The van der Waals surface area contributed by atoms with Crippen LogP contribution in [0.25, 0.3) is 28.0 Å². The van der Waals surface area contributed by atoms with E-state index in [1.54, 1.807) is 6.20 Å². The van der Waals surface area contributed by atoms with Crippen molar-refractivity contribution in [3.05, 3.63) is 78.8 Å². The van der Waals surface area contributed by atoms with Gasteiger partial charge in [-0.05, 0) is 30.2 Å². The Labute approximate surface area is 140 Å². The van der Waals surface area contributed by atoms with Crippen LogP contribution in [0.1, 0.15) is 5.56 Å². The average Bonchev–Trinajstić information content (AvgIpc) is 3.11. The topological polar surface area (TPSA) is 50.9 Å². The molecule has 0 aliphatic carbocycles. The van der Waals surface area contributed by atoms with Gasteiger partial charge < -0.3 is 5.11 Å². The normalized spacial score (nSPS) is 11.0. The molecule has 4 nitrogen and oxygen atoms in total. The van der Waals surface area contributed by atoms with Crippen molar-refractivity contribution in [1.82, 2.24) is 14.5 Å². The molecule has 0 unspecified atom stereocenters. The molecule has 4 aromatic rings. The number of aliphatic hydroxyl groups excluding tert-OH is 1. The molecule has 2 aromatic heterocycles. The van der Waals surface area contributed by atoms with E-state index in [0.717, 1.165) is 33.5 Å². The van der Waals surface area contributed by atoms with Gasteiger partial charge in [0.25, 0.3) is 0 Å². The van der Waals surface area contributed by atoms with Crippen molar-refractivity contribution < 1.29 is 5.11 Å². The van der Waals surface area contributed by atoms with E-state index in [1.807, 2.05) is 54.9 Å². The molecule has 0 aliphatic rings. The number of imidazole rings is 1. The Kier molecular flexibility index (Phi) is 3.81. The van der Waals surface area contributed by atoms with Crippen molar-refractivity contribution in [2.75, 3.05) is 6.61 Å². The van der Waals surface area contributed by atoms with Crippen molar-refractivity contribution in [3.8, 4) is 17.1 Å². The molecule has 1 N–H and O–H groups in total. The molecule has 118 valence electrons. The Bertz CT molecular complexity index is 986. The van der Waals surface area contributed by atoms with E-state index in [0.29, 0.717) is 6.42 Å². The minimum atomic E-state index is 0.124. The third-order valence-electron chi connectivity index (χ3n) is 4.16. The number of benzene rings is 2. The molecular formula is C20H17N3O. The predicted molar refractivity (Wildman–Crippen MR) is 95.1 cm³/mol. The molecule has 0 amide bonds. The van der Waals surface area contributed by atoms with E-state index in [-0.39, 0.29) is 6.61 Å². The van der Waals surface area contributed by atoms with Crippen molar-refractivity contribution in [1.29, 1.82) is 0 Å². The first-order valence-electron chi connectivity index (χ1n) is 7.95. The molecule has 0 spiro atoms. The zero-order chi connectivity index (χ0) is 16.4. The molecular weight excluding hydrogens is 298 g/mol. The molecule has 0 aliphatic heterocycles. The molecule has 0 saturated carbocycles. The van der Waals surface area contributed by atoms with Gasteiger partial charge in [-0.3, -0.25) is 9.55 Å². The van der Waals surface area contributed by atoms with E-state index in [2.05, 4.69) is 26.7 Å². The maximum absolute atomic E-state index is 9.34. The average molecular weight is 315 g/mol. The monoisotopic (exact) mass is 315 g/mol. The first kappa shape index (κ1) is 14.6. The first-order chi connectivity index (χ1) is 11.9. The third-order valence-corrected chi connectivity index (χ3v) is 4.16. The van der Waals surface area contributed by atoms with E-state index < -0.39 is 0 Å². The minimum absolute atomic E-state index is 0.124. The van der Waals surface area contributed by atoms with Crippen LogP contribution < -0.4 is 0 Å². The Morgan fingerprint density at radius 2 is 1.71 bits per heavy atom. The number of aromatic nitrogens is 3. The fraction of sp³-hybridized carbons (Fsp3) is 0.100. The molecule has 0 atom stereocenters. The van der Waals surface area contributed by atoms with Gasteiger partial charge in [0.15, 0.2) is 0 Å². The zero-order valence-corrected chi connectivity index (χ0v) is 13.1. The highest BCUT2D eigenvalue weighted by molar-refractivity contribution is 5.92. The van der Waals surface area contributed by atoms with Gasteiger partial charge in [-0.1, -0.05) is 36.4 Å². The quantitative estimate of drug-likeness (QED) is 0.626.